The third kappa shape index (κ3) is 4.83. The van der Waals surface area contributed by atoms with Crippen LogP contribution in [0, 0.1) is 11.8 Å². The third-order valence-electron chi connectivity index (χ3n) is 4.62. The van der Waals surface area contributed by atoms with Gasteiger partial charge in [0.15, 0.2) is 0 Å². The molecular weight excluding hydrogens is 471 g/mol. The minimum Gasteiger partial charge on any atom is -0.465 e. The molecule has 0 aromatic rings. The highest BCUT2D eigenvalue weighted by atomic mass is 19.4. The molecule has 0 aromatic carbocycles. The van der Waals surface area contributed by atoms with Gasteiger partial charge in [0, 0.05) is 5.92 Å². The fraction of sp³-hybridized carbons (Fsp3) is 0.938. The Kier molecular flexibility index (Phi) is 8.77. The van der Waals surface area contributed by atoms with Gasteiger partial charge < -0.3 is 4.74 Å². The van der Waals surface area contributed by atoms with Crippen LogP contribution in [0.15, 0.2) is 0 Å². The van der Waals surface area contributed by atoms with Crippen molar-refractivity contribution < 1.29 is 66.6 Å². The van der Waals surface area contributed by atoms with E-state index in [1.165, 1.54) is 0 Å². The zero-order valence-corrected chi connectivity index (χ0v) is 16.2. The Morgan fingerprint density at radius 1 is 0.742 bits per heavy atom. The van der Waals surface area contributed by atoms with Crippen LogP contribution in [0.5, 0.6) is 0 Å². The number of halogens is 13. The van der Waals surface area contributed by atoms with Crippen LogP contribution in [0.4, 0.5) is 57.1 Å². The van der Waals surface area contributed by atoms with Gasteiger partial charge in [-0.25, -0.2) is 0 Å². The van der Waals surface area contributed by atoms with E-state index in [4.69, 9.17) is 0 Å². The quantitative estimate of drug-likeness (QED) is 0.182. The minimum atomic E-state index is -7.96. The van der Waals surface area contributed by atoms with E-state index in [2.05, 4.69) is 4.74 Å². The Balaban J connectivity index is 6.22. The first kappa shape index (κ1) is 29.6. The molecule has 0 fully saturated rings. The number of carbonyl (C=O) groups is 1. The van der Waals surface area contributed by atoms with E-state index in [0.717, 1.165) is 6.92 Å². The van der Waals surface area contributed by atoms with E-state index in [1.54, 1.807) is 6.92 Å². The molecule has 186 valence electrons. The standard InChI is InChI=1S/C16H19F13O2/c1-4-6-7-31-10(30)9(5-2)8(3)11(17,18)12(19,20)13(21,22)14(23,24)15(25,26)16(27,28)29/h8-9H,4-7H2,1-3H3. The summed E-state index contributed by atoms with van der Waals surface area (Å²) in [4.78, 5) is 11.8. The topological polar surface area (TPSA) is 26.3 Å². The molecule has 0 aliphatic rings. The average molecular weight is 490 g/mol. The number of carbonyl (C=O) groups excluding carboxylic acids is 1. The fourth-order valence-corrected chi connectivity index (χ4v) is 2.47. The lowest BCUT2D eigenvalue weighted by atomic mass is 9.80. The number of ether oxygens (including phenoxy) is 1. The van der Waals surface area contributed by atoms with E-state index < -0.39 is 60.0 Å². The van der Waals surface area contributed by atoms with E-state index in [0.29, 0.717) is 6.42 Å². The van der Waals surface area contributed by atoms with Crippen LogP contribution in [0.1, 0.15) is 40.0 Å². The van der Waals surface area contributed by atoms with E-state index >= 15 is 0 Å². The molecule has 2 nitrogen and oxygen atoms in total. The number of alkyl halides is 13. The number of rotatable bonds is 11. The molecule has 0 aliphatic heterocycles. The molecule has 0 aromatic heterocycles. The Morgan fingerprint density at radius 3 is 1.52 bits per heavy atom. The lowest BCUT2D eigenvalue weighted by Gasteiger charge is -2.42. The lowest BCUT2D eigenvalue weighted by molar-refractivity contribution is -0.443. The highest BCUT2D eigenvalue weighted by molar-refractivity contribution is 5.72. The highest BCUT2D eigenvalue weighted by Gasteiger charge is 2.91. The summed E-state index contributed by atoms with van der Waals surface area (Å²) in [5.41, 5.74) is 0. The Bertz CT molecular complexity index is 613. The fourth-order valence-electron chi connectivity index (χ4n) is 2.47. The first-order valence-corrected chi connectivity index (χ1v) is 8.71. The van der Waals surface area contributed by atoms with Crippen molar-refractivity contribution >= 4 is 5.97 Å². The second-order valence-electron chi connectivity index (χ2n) is 6.74. The smallest absolute Gasteiger partial charge is 0.460 e. The van der Waals surface area contributed by atoms with Crippen LogP contribution in [0.3, 0.4) is 0 Å². The molecule has 2 unspecified atom stereocenters. The maximum atomic E-state index is 14.2. The van der Waals surface area contributed by atoms with Gasteiger partial charge in [-0.05, 0) is 12.8 Å². The van der Waals surface area contributed by atoms with Crippen LogP contribution in [-0.4, -0.2) is 48.4 Å². The molecule has 0 rings (SSSR count). The molecule has 0 amide bonds. The zero-order chi connectivity index (χ0) is 25.3. The number of esters is 1. The second kappa shape index (κ2) is 9.20. The summed E-state index contributed by atoms with van der Waals surface area (Å²) in [5.74, 6) is -44.5. The summed E-state index contributed by atoms with van der Waals surface area (Å²) < 4.78 is 176. The molecule has 0 radical (unpaired) electrons. The Morgan fingerprint density at radius 2 is 1.16 bits per heavy atom. The maximum Gasteiger partial charge on any atom is 0.460 e. The van der Waals surface area contributed by atoms with Crippen LogP contribution in [0.2, 0.25) is 0 Å². The molecule has 31 heavy (non-hydrogen) atoms. The van der Waals surface area contributed by atoms with E-state index in [-0.39, 0.29) is 20.0 Å². The van der Waals surface area contributed by atoms with Crippen molar-refractivity contribution in [1.29, 1.82) is 0 Å². The third-order valence-corrected chi connectivity index (χ3v) is 4.62. The van der Waals surface area contributed by atoms with Gasteiger partial charge in [-0.2, -0.15) is 57.1 Å². The zero-order valence-electron chi connectivity index (χ0n) is 16.2. The highest BCUT2D eigenvalue weighted by Crippen LogP contribution is 2.61. The molecule has 0 saturated heterocycles. The maximum absolute atomic E-state index is 14.2. The van der Waals surface area contributed by atoms with Crippen molar-refractivity contribution in [1.82, 2.24) is 0 Å². The number of hydrogen-bond acceptors (Lipinski definition) is 2. The number of hydrogen-bond donors (Lipinski definition) is 0. The van der Waals surface area contributed by atoms with Crippen molar-refractivity contribution in [2.24, 2.45) is 11.8 Å². The van der Waals surface area contributed by atoms with Gasteiger partial charge in [-0.1, -0.05) is 27.2 Å². The molecule has 2 atom stereocenters. The SMILES string of the molecule is CCCCOC(=O)C(CC)C(C)C(F)(F)C(F)(F)C(F)(F)C(F)(F)C(F)(F)C(F)(F)F. The average Bonchev–Trinajstić information content (AvgIpc) is 2.60. The van der Waals surface area contributed by atoms with Gasteiger partial charge in [-0.3, -0.25) is 4.79 Å². The summed E-state index contributed by atoms with van der Waals surface area (Å²) in [6, 6.07) is 0. The summed E-state index contributed by atoms with van der Waals surface area (Å²) >= 11 is 0. The molecule has 0 aliphatic carbocycles. The van der Waals surface area contributed by atoms with E-state index in [9.17, 15) is 61.9 Å². The van der Waals surface area contributed by atoms with Crippen molar-refractivity contribution in [2.45, 2.75) is 75.8 Å². The predicted octanol–water partition coefficient (Wildman–Crippen LogP) is 6.73. The van der Waals surface area contributed by atoms with Gasteiger partial charge in [0.1, 0.15) is 0 Å². The molecular formula is C16H19F13O2. The molecule has 0 spiro atoms. The molecule has 0 heterocycles. The largest absolute Gasteiger partial charge is 0.465 e. The van der Waals surface area contributed by atoms with E-state index in [1.807, 2.05) is 0 Å². The van der Waals surface area contributed by atoms with Gasteiger partial charge in [-0.15, -0.1) is 0 Å². The number of unbranched alkanes of at least 4 members (excludes halogenated alkanes) is 1. The van der Waals surface area contributed by atoms with Crippen molar-refractivity contribution in [3.63, 3.8) is 0 Å². The minimum absolute atomic E-state index is 0.0548. The second-order valence-corrected chi connectivity index (χ2v) is 6.74. The van der Waals surface area contributed by atoms with Gasteiger partial charge in [0.25, 0.3) is 0 Å². The lowest BCUT2D eigenvalue weighted by Crippen LogP contribution is -2.71. The first-order chi connectivity index (χ1) is 13.6. The molecule has 0 saturated carbocycles. The molecule has 0 N–H and O–H groups in total. The van der Waals surface area contributed by atoms with Gasteiger partial charge >= 0.3 is 41.8 Å². The van der Waals surface area contributed by atoms with Crippen molar-refractivity contribution in [2.75, 3.05) is 6.61 Å². The predicted molar refractivity (Wildman–Crippen MR) is 79.6 cm³/mol. The summed E-state index contributed by atoms with van der Waals surface area (Å²) in [7, 11) is 0. The van der Waals surface area contributed by atoms with Crippen molar-refractivity contribution in [3.05, 3.63) is 0 Å². The van der Waals surface area contributed by atoms with Gasteiger partial charge in [0.2, 0.25) is 0 Å². The Labute approximate surface area is 168 Å². The Hall–Kier alpha value is -1.44. The van der Waals surface area contributed by atoms with Crippen LogP contribution < -0.4 is 0 Å². The monoisotopic (exact) mass is 490 g/mol. The molecule has 0 bridgehead atoms. The summed E-state index contributed by atoms with van der Waals surface area (Å²) in [5, 5.41) is 0. The van der Waals surface area contributed by atoms with Crippen LogP contribution >= 0.6 is 0 Å². The first-order valence-electron chi connectivity index (χ1n) is 8.71. The normalized spacial score (nSPS) is 16.8. The van der Waals surface area contributed by atoms with Gasteiger partial charge in [0.05, 0.1) is 12.5 Å². The molecule has 15 heteroatoms. The summed E-state index contributed by atoms with van der Waals surface area (Å²) in [6.45, 7) is 2.23. The summed E-state index contributed by atoms with van der Waals surface area (Å²) in [6.07, 6.45) is -7.59. The van der Waals surface area contributed by atoms with Crippen LogP contribution in [-0.2, 0) is 9.53 Å². The van der Waals surface area contributed by atoms with Crippen LogP contribution in [0.25, 0.3) is 0 Å². The van der Waals surface area contributed by atoms with Crippen molar-refractivity contribution in [3.8, 4) is 0 Å².